The minimum Gasteiger partial charge on any atom is -0.353 e. The Morgan fingerprint density at radius 3 is 2.48 bits per heavy atom. The summed E-state index contributed by atoms with van der Waals surface area (Å²) < 4.78 is 12.9. The average Bonchev–Trinajstić information content (AvgIpc) is 2.64. The predicted octanol–water partition coefficient (Wildman–Crippen LogP) is 1.34. The monoisotopic (exact) mass is 343 g/mol. The van der Waals surface area contributed by atoms with Crippen LogP contribution in [0, 0.1) is 5.82 Å². The maximum Gasteiger partial charge on any atom is 0.271 e. The molecule has 1 fully saturated rings. The van der Waals surface area contributed by atoms with Crippen LogP contribution >= 0.6 is 0 Å². The van der Waals surface area contributed by atoms with E-state index in [0.717, 1.165) is 37.6 Å². The highest BCUT2D eigenvalue weighted by molar-refractivity contribution is 5.92. The average molecular weight is 343 g/mol. The number of amides is 1. The first-order chi connectivity index (χ1) is 12.1. The fourth-order valence-corrected chi connectivity index (χ4v) is 2.70. The van der Waals surface area contributed by atoms with Crippen molar-refractivity contribution in [2.45, 2.75) is 6.42 Å². The van der Waals surface area contributed by atoms with Gasteiger partial charge in [-0.3, -0.25) is 4.79 Å². The number of nitrogens with one attached hydrogen (secondary N) is 1. The first-order valence-corrected chi connectivity index (χ1v) is 8.40. The summed E-state index contributed by atoms with van der Waals surface area (Å²) in [5.41, 5.74) is 1.27. The number of carbonyl (C=O) groups is 1. The fraction of sp³-hybridized carbons (Fsp3) is 0.389. The van der Waals surface area contributed by atoms with E-state index in [0.29, 0.717) is 18.7 Å². The molecule has 132 valence electrons. The second-order valence-corrected chi connectivity index (χ2v) is 6.18. The molecule has 2 heterocycles. The van der Waals surface area contributed by atoms with E-state index in [9.17, 15) is 9.18 Å². The van der Waals surface area contributed by atoms with Crippen LogP contribution in [0.15, 0.2) is 36.7 Å². The molecule has 3 rings (SSSR count). The lowest BCUT2D eigenvalue weighted by molar-refractivity contribution is 0.0949. The van der Waals surface area contributed by atoms with Crippen molar-refractivity contribution >= 4 is 11.7 Å². The van der Waals surface area contributed by atoms with Crippen LogP contribution in [0.4, 0.5) is 10.2 Å². The van der Waals surface area contributed by atoms with Gasteiger partial charge in [0.05, 0.1) is 12.4 Å². The van der Waals surface area contributed by atoms with Gasteiger partial charge in [0.1, 0.15) is 17.3 Å². The molecular weight excluding hydrogens is 321 g/mol. The number of likely N-dealkylation sites (N-methyl/N-ethyl adjacent to an activating group) is 1. The molecule has 0 atom stereocenters. The van der Waals surface area contributed by atoms with Gasteiger partial charge in [0.15, 0.2) is 0 Å². The van der Waals surface area contributed by atoms with E-state index in [2.05, 4.69) is 32.1 Å². The summed E-state index contributed by atoms with van der Waals surface area (Å²) in [7, 11) is 2.10. The summed E-state index contributed by atoms with van der Waals surface area (Å²) in [6, 6.07) is 6.26. The minimum absolute atomic E-state index is 0.250. The maximum absolute atomic E-state index is 12.9. The Kier molecular flexibility index (Phi) is 5.55. The molecule has 0 aliphatic carbocycles. The Labute approximate surface area is 146 Å². The van der Waals surface area contributed by atoms with Crippen molar-refractivity contribution in [1.82, 2.24) is 20.2 Å². The van der Waals surface area contributed by atoms with Crippen LogP contribution in [0.2, 0.25) is 0 Å². The second kappa shape index (κ2) is 8.02. The lowest BCUT2D eigenvalue weighted by Crippen LogP contribution is -2.44. The number of halogens is 1. The van der Waals surface area contributed by atoms with E-state index in [-0.39, 0.29) is 11.7 Å². The largest absolute Gasteiger partial charge is 0.353 e. The topological polar surface area (TPSA) is 61.4 Å². The van der Waals surface area contributed by atoms with E-state index in [1.165, 1.54) is 18.3 Å². The summed E-state index contributed by atoms with van der Waals surface area (Å²) in [6.07, 6.45) is 3.81. The molecule has 0 saturated carbocycles. The van der Waals surface area contributed by atoms with Crippen molar-refractivity contribution in [3.63, 3.8) is 0 Å². The first kappa shape index (κ1) is 17.3. The second-order valence-electron chi connectivity index (χ2n) is 6.18. The molecule has 1 aromatic carbocycles. The zero-order chi connectivity index (χ0) is 17.6. The lowest BCUT2D eigenvalue weighted by Gasteiger charge is -2.32. The van der Waals surface area contributed by atoms with Crippen LogP contribution in [-0.2, 0) is 6.42 Å². The van der Waals surface area contributed by atoms with Crippen molar-refractivity contribution in [2.75, 3.05) is 44.7 Å². The molecule has 0 radical (unpaired) electrons. The number of rotatable bonds is 5. The fourth-order valence-electron chi connectivity index (χ4n) is 2.70. The number of aromatic nitrogens is 2. The third-order valence-electron chi connectivity index (χ3n) is 4.31. The molecule has 0 unspecified atom stereocenters. The number of anilines is 1. The molecule has 7 heteroatoms. The third-order valence-corrected chi connectivity index (χ3v) is 4.31. The summed E-state index contributed by atoms with van der Waals surface area (Å²) in [4.78, 5) is 25.2. The van der Waals surface area contributed by atoms with Gasteiger partial charge in [0.25, 0.3) is 5.91 Å². The van der Waals surface area contributed by atoms with E-state index in [1.54, 1.807) is 18.3 Å². The molecule has 25 heavy (non-hydrogen) atoms. The highest BCUT2D eigenvalue weighted by Gasteiger charge is 2.16. The molecule has 1 amide bonds. The molecule has 1 aliphatic rings. The smallest absolute Gasteiger partial charge is 0.271 e. The van der Waals surface area contributed by atoms with E-state index in [4.69, 9.17) is 0 Å². The molecule has 6 nitrogen and oxygen atoms in total. The Bertz CT molecular complexity index is 696. The molecule has 0 bridgehead atoms. The van der Waals surface area contributed by atoms with Gasteiger partial charge in [-0.2, -0.15) is 0 Å². The zero-order valence-corrected chi connectivity index (χ0v) is 14.3. The number of hydrogen-bond donors (Lipinski definition) is 1. The molecule has 1 saturated heterocycles. The van der Waals surface area contributed by atoms with Crippen LogP contribution in [0.1, 0.15) is 16.1 Å². The van der Waals surface area contributed by atoms with Crippen LogP contribution in [0.3, 0.4) is 0 Å². The molecule has 1 N–H and O–H groups in total. The van der Waals surface area contributed by atoms with E-state index < -0.39 is 0 Å². The van der Waals surface area contributed by atoms with Crippen molar-refractivity contribution in [1.29, 1.82) is 0 Å². The summed E-state index contributed by atoms with van der Waals surface area (Å²) >= 11 is 0. The van der Waals surface area contributed by atoms with Crippen LogP contribution in [0.5, 0.6) is 0 Å². The van der Waals surface area contributed by atoms with Gasteiger partial charge in [-0.15, -0.1) is 0 Å². The molecule has 0 spiro atoms. The zero-order valence-electron chi connectivity index (χ0n) is 14.3. The number of nitrogens with zero attached hydrogens (tertiary/aromatic N) is 4. The van der Waals surface area contributed by atoms with Crippen LogP contribution < -0.4 is 10.2 Å². The lowest BCUT2D eigenvalue weighted by atomic mass is 10.1. The normalized spacial score (nSPS) is 15.2. The van der Waals surface area contributed by atoms with Crippen molar-refractivity contribution in [2.24, 2.45) is 0 Å². The predicted molar refractivity (Wildman–Crippen MR) is 94.2 cm³/mol. The molecule has 1 aliphatic heterocycles. The highest BCUT2D eigenvalue weighted by Crippen LogP contribution is 2.11. The SMILES string of the molecule is CN1CCN(c2cnc(C(=O)NCCc3ccc(F)cc3)cn2)CC1. The number of benzene rings is 1. The van der Waals surface area contributed by atoms with E-state index >= 15 is 0 Å². The van der Waals surface area contributed by atoms with Gasteiger partial charge in [0.2, 0.25) is 0 Å². The molecular formula is C18H22FN5O. The van der Waals surface area contributed by atoms with Gasteiger partial charge in [-0.1, -0.05) is 12.1 Å². The maximum atomic E-state index is 12.9. The standard InChI is InChI=1S/C18H22FN5O/c1-23-8-10-24(11-9-23)17-13-21-16(12-22-17)18(25)20-7-6-14-2-4-15(19)5-3-14/h2-5,12-13H,6-11H2,1H3,(H,20,25). The summed E-state index contributed by atoms with van der Waals surface area (Å²) in [5, 5.41) is 2.81. The van der Waals surface area contributed by atoms with Crippen molar-refractivity contribution in [3.8, 4) is 0 Å². The minimum atomic E-state index is -0.261. The van der Waals surface area contributed by atoms with Gasteiger partial charge in [-0.25, -0.2) is 14.4 Å². The van der Waals surface area contributed by atoms with E-state index in [1.807, 2.05) is 0 Å². The van der Waals surface area contributed by atoms with Gasteiger partial charge < -0.3 is 15.1 Å². The number of hydrogen-bond acceptors (Lipinski definition) is 5. The third kappa shape index (κ3) is 4.73. The van der Waals surface area contributed by atoms with Crippen molar-refractivity contribution < 1.29 is 9.18 Å². The Morgan fingerprint density at radius 2 is 1.84 bits per heavy atom. The van der Waals surface area contributed by atoms with Crippen molar-refractivity contribution in [3.05, 3.63) is 53.7 Å². The Morgan fingerprint density at radius 1 is 1.12 bits per heavy atom. The number of piperazine rings is 1. The number of carbonyl (C=O) groups excluding carboxylic acids is 1. The van der Waals surface area contributed by atoms with Gasteiger partial charge in [-0.05, 0) is 31.2 Å². The van der Waals surface area contributed by atoms with Gasteiger partial charge >= 0.3 is 0 Å². The summed E-state index contributed by atoms with van der Waals surface area (Å²) in [6.45, 7) is 4.27. The highest BCUT2D eigenvalue weighted by atomic mass is 19.1. The Balaban J connectivity index is 1.49. The Hall–Kier alpha value is -2.54. The van der Waals surface area contributed by atoms with Crippen LogP contribution in [-0.4, -0.2) is 60.5 Å². The van der Waals surface area contributed by atoms with Gasteiger partial charge in [0, 0.05) is 32.7 Å². The summed E-state index contributed by atoms with van der Waals surface area (Å²) in [5.74, 6) is 0.291. The molecule has 2 aromatic rings. The first-order valence-electron chi connectivity index (χ1n) is 8.40. The quantitative estimate of drug-likeness (QED) is 0.888. The van der Waals surface area contributed by atoms with Crippen LogP contribution in [0.25, 0.3) is 0 Å². The molecule has 1 aromatic heterocycles.